The minimum Gasteiger partial charge on any atom is -0.508 e. The molecule has 0 fully saturated rings. The molecule has 0 saturated heterocycles. The van der Waals surface area contributed by atoms with Crippen LogP contribution in [0, 0.1) is 13.8 Å². The Balaban J connectivity index is 2.20. The van der Waals surface area contributed by atoms with E-state index in [0.717, 1.165) is 36.9 Å². The number of phenolic OH excluding ortho intramolecular Hbond substituents is 1. The number of phenols is 1. The molecule has 3 rings (SSSR count). The lowest BCUT2D eigenvalue weighted by Crippen LogP contribution is -2.03. The van der Waals surface area contributed by atoms with E-state index in [0.29, 0.717) is 5.57 Å². The van der Waals surface area contributed by atoms with E-state index in [2.05, 4.69) is 37.2 Å². The topological polar surface area (TPSA) is 49.3 Å². The van der Waals surface area contributed by atoms with Gasteiger partial charge in [0.05, 0.1) is 5.69 Å². The molecule has 2 N–H and O–H groups in total. The van der Waals surface area contributed by atoms with Crippen molar-refractivity contribution in [3.63, 3.8) is 0 Å². The average Bonchev–Trinajstić information content (AvgIpc) is 2.78. The number of halogens is 2. The number of carbonyl (C=O) groups excluding carboxylic acids is 1. The molecule has 0 saturated carbocycles. The van der Waals surface area contributed by atoms with Crippen molar-refractivity contribution < 1.29 is 9.90 Å². The molecule has 2 aromatic rings. The van der Waals surface area contributed by atoms with E-state index in [1.165, 1.54) is 0 Å². The first kappa shape index (κ1) is 15.3. The predicted octanol–water partition coefficient (Wildman–Crippen LogP) is 5.03. The molecule has 112 valence electrons. The summed E-state index contributed by atoms with van der Waals surface area (Å²) in [5.74, 6) is 0.128. The third-order valence-corrected chi connectivity index (χ3v) is 5.21. The quantitative estimate of drug-likeness (QED) is 0.633. The summed E-state index contributed by atoms with van der Waals surface area (Å²) in [5.41, 5.74) is 4.99. The molecular formula is C17H13Br2NO2. The Bertz CT molecular complexity index is 841. The fraction of sp³-hybridized carbons (Fsp3) is 0.118. The van der Waals surface area contributed by atoms with Crippen molar-refractivity contribution in [3.8, 4) is 5.75 Å². The molecular weight excluding hydrogens is 410 g/mol. The van der Waals surface area contributed by atoms with Crippen LogP contribution in [0.5, 0.6) is 5.75 Å². The largest absolute Gasteiger partial charge is 0.508 e. The summed E-state index contributed by atoms with van der Waals surface area (Å²) in [6.45, 7) is 3.81. The van der Waals surface area contributed by atoms with Gasteiger partial charge in [-0.3, -0.25) is 4.79 Å². The molecule has 1 heterocycles. The van der Waals surface area contributed by atoms with Crippen LogP contribution in [0.15, 0.2) is 33.2 Å². The van der Waals surface area contributed by atoms with Gasteiger partial charge in [0.1, 0.15) is 5.75 Å². The van der Waals surface area contributed by atoms with Crippen molar-refractivity contribution in [2.45, 2.75) is 13.8 Å². The Morgan fingerprint density at radius 1 is 1.14 bits per heavy atom. The second-order valence-electron chi connectivity index (χ2n) is 5.27. The van der Waals surface area contributed by atoms with Crippen molar-refractivity contribution in [2.75, 3.05) is 5.32 Å². The standard InChI is InChI=1S/C17H13Br2NO2/c1-8-5-10(3-4-14(8)21)6-11-15-9(2)12(18)7-13(19)16(15)20-17(11)22/h3-7,21H,1-2H3,(H,20,22). The van der Waals surface area contributed by atoms with Crippen molar-refractivity contribution >= 4 is 55.1 Å². The highest BCUT2D eigenvalue weighted by Crippen LogP contribution is 2.43. The van der Waals surface area contributed by atoms with Crippen LogP contribution in [-0.4, -0.2) is 11.0 Å². The SMILES string of the molecule is Cc1cc(C=C2C(=O)Nc3c(Br)cc(Br)c(C)c32)ccc1O. The second-order valence-corrected chi connectivity index (χ2v) is 6.98. The number of hydrogen-bond donors (Lipinski definition) is 2. The lowest BCUT2D eigenvalue weighted by molar-refractivity contribution is -0.110. The van der Waals surface area contributed by atoms with Gasteiger partial charge in [0.25, 0.3) is 5.91 Å². The van der Waals surface area contributed by atoms with Crippen LogP contribution in [-0.2, 0) is 4.79 Å². The Morgan fingerprint density at radius 2 is 1.86 bits per heavy atom. The fourth-order valence-electron chi connectivity index (χ4n) is 2.54. The van der Waals surface area contributed by atoms with Crippen LogP contribution in [0.3, 0.4) is 0 Å². The van der Waals surface area contributed by atoms with E-state index >= 15 is 0 Å². The molecule has 3 nitrogen and oxygen atoms in total. The summed E-state index contributed by atoms with van der Waals surface area (Å²) < 4.78 is 1.79. The third-order valence-electron chi connectivity index (χ3n) is 3.76. The van der Waals surface area contributed by atoms with Crippen LogP contribution >= 0.6 is 31.9 Å². The summed E-state index contributed by atoms with van der Waals surface area (Å²) >= 11 is 7.01. The number of hydrogen-bond acceptors (Lipinski definition) is 2. The number of rotatable bonds is 1. The first-order valence-corrected chi connectivity index (χ1v) is 8.28. The predicted molar refractivity (Wildman–Crippen MR) is 95.9 cm³/mol. The van der Waals surface area contributed by atoms with E-state index in [-0.39, 0.29) is 11.7 Å². The minimum atomic E-state index is -0.123. The summed E-state index contributed by atoms with van der Waals surface area (Å²) in [4.78, 5) is 12.3. The molecule has 0 aliphatic carbocycles. The third kappa shape index (κ3) is 2.48. The number of fused-ring (bicyclic) bond motifs is 1. The van der Waals surface area contributed by atoms with Gasteiger partial charge < -0.3 is 10.4 Å². The molecule has 0 unspecified atom stereocenters. The van der Waals surface area contributed by atoms with E-state index < -0.39 is 0 Å². The van der Waals surface area contributed by atoms with E-state index in [1.807, 2.05) is 32.1 Å². The van der Waals surface area contributed by atoms with Gasteiger partial charge in [-0.05, 0) is 70.7 Å². The monoisotopic (exact) mass is 421 g/mol. The highest BCUT2D eigenvalue weighted by atomic mass is 79.9. The van der Waals surface area contributed by atoms with E-state index in [1.54, 1.807) is 12.1 Å². The van der Waals surface area contributed by atoms with Gasteiger partial charge in [-0.2, -0.15) is 0 Å². The zero-order valence-electron chi connectivity index (χ0n) is 12.0. The maximum Gasteiger partial charge on any atom is 0.256 e. The van der Waals surface area contributed by atoms with Gasteiger partial charge in [0.2, 0.25) is 0 Å². The molecule has 5 heteroatoms. The van der Waals surface area contributed by atoms with Gasteiger partial charge in [0.15, 0.2) is 0 Å². The van der Waals surface area contributed by atoms with Crippen molar-refractivity contribution in [1.82, 2.24) is 0 Å². The van der Waals surface area contributed by atoms with E-state index in [9.17, 15) is 9.90 Å². The van der Waals surface area contributed by atoms with Gasteiger partial charge in [-0.15, -0.1) is 0 Å². The highest BCUT2D eigenvalue weighted by molar-refractivity contribution is 9.11. The Kier molecular flexibility index (Phi) is 3.87. The number of benzene rings is 2. The summed E-state index contributed by atoms with van der Waals surface area (Å²) in [6, 6.07) is 7.22. The fourth-order valence-corrected chi connectivity index (χ4v) is 3.80. The first-order chi connectivity index (χ1) is 10.4. The van der Waals surface area contributed by atoms with Crippen LogP contribution in [0.4, 0.5) is 5.69 Å². The van der Waals surface area contributed by atoms with Crippen molar-refractivity contribution in [3.05, 3.63) is 55.5 Å². The van der Waals surface area contributed by atoms with Crippen molar-refractivity contribution in [2.24, 2.45) is 0 Å². The smallest absolute Gasteiger partial charge is 0.256 e. The van der Waals surface area contributed by atoms with Crippen LogP contribution in [0.2, 0.25) is 0 Å². The minimum absolute atomic E-state index is 0.123. The zero-order chi connectivity index (χ0) is 16.0. The molecule has 0 spiro atoms. The molecule has 0 aromatic heterocycles. The average molecular weight is 423 g/mol. The lowest BCUT2D eigenvalue weighted by atomic mass is 9.99. The number of anilines is 1. The molecule has 0 radical (unpaired) electrons. The maximum absolute atomic E-state index is 12.3. The molecule has 1 aliphatic rings. The number of nitrogens with one attached hydrogen (secondary N) is 1. The molecule has 2 aromatic carbocycles. The van der Waals surface area contributed by atoms with Gasteiger partial charge in [-0.1, -0.05) is 22.0 Å². The van der Waals surface area contributed by atoms with Crippen molar-refractivity contribution in [1.29, 1.82) is 0 Å². The summed E-state index contributed by atoms with van der Waals surface area (Å²) in [6.07, 6.45) is 1.85. The summed E-state index contributed by atoms with van der Waals surface area (Å²) in [7, 11) is 0. The highest BCUT2D eigenvalue weighted by Gasteiger charge is 2.29. The number of aryl methyl sites for hydroxylation is 1. The number of amides is 1. The van der Waals surface area contributed by atoms with Gasteiger partial charge in [0, 0.05) is 20.1 Å². The Morgan fingerprint density at radius 3 is 2.55 bits per heavy atom. The second kappa shape index (κ2) is 5.56. The molecule has 1 aliphatic heterocycles. The zero-order valence-corrected chi connectivity index (χ0v) is 15.2. The summed E-state index contributed by atoms with van der Waals surface area (Å²) in [5, 5.41) is 12.5. The van der Waals surface area contributed by atoms with Gasteiger partial charge >= 0.3 is 0 Å². The number of carbonyl (C=O) groups is 1. The van der Waals surface area contributed by atoms with Crippen LogP contribution < -0.4 is 5.32 Å². The van der Waals surface area contributed by atoms with Gasteiger partial charge in [-0.25, -0.2) is 0 Å². The van der Waals surface area contributed by atoms with Crippen LogP contribution in [0.1, 0.15) is 22.3 Å². The lowest BCUT2D eigenvalue weighted by Gasteiger charge is -2.08. The first-order valence-electron chi connectivity index (χ1n) is 6.70. The number of aromatic hydroxyl groups is 1. The van der Waals surface area contributed by atoms with E-state index in [4.69, 9.17) is 0 Å². The molecule has 0 bridgehead atoms. The molecule has 0 atom stereocenters. The normalized spacial score (nSPS) is 15.1. The van der Waals surface area contributed by atoms with Crippen LogP contribution in [0.25, 0.3) is 11.6 Å². The molecule has 1 amide bonds. The Hall–Kier alpha value is -1.59. The molecule has 22 heavy (non-hydrogen) atoms. The Labute approximate surface area is 145 Å². The maximum atomic E-state index is 12.3.